The minimum Gasteiger partial charge on any atom is -0.491 e. The SMILES string of the molecule is C=C(CCC(=O)NC(C)c1ccccc1)NC(=O)CO/C=C/C=C(/Cl)C(=C)F. The van der Waals surface area contributed by atoms with Gasteiger partial charge in [-0.05, 0) is 31.1 Å². The number of amides is 2. The second kappa shape index (κ2) is 12.5. The minimum atomic E-state index is -0.762. The van der Waals surface area contributed by atoms with Crippen LogP contribution in [-0.2, 0) is 14.3 Å². The van der Waals surface area contributed by atoms with Crippen molar-refractivity contribution in [2.75, 3.05) is 6.61 Å². The maximum Gasteiger partial charge on any atom is 0.261 e. The molecule has 1 unspecified atom stereocenters. The lowest BCUT2D eigenvalue weighted by molar-refractivity contribution is -0.124. The lowest BCUT2D eigenvalue weighted by Gasteiger charge is -2.14. The molecule has 0 saturated carbocycles. The Bertz CT molecular complexity index is 760. The number of rotatable bonds is 11. The summed E-state index contributed by atoms with van der Waals surface area (Å²) in [5.41, 5.74) is 1.43. The van der Waals surface area contributed by atoms with E-state index >= 15 is 0 Å². The first-order valence-corrected chi connectivity index (χ1v) is 8.98. The van der Waals surface area contributed by atoms with Gasteiger partial charge in [-0.25, -0.2) is 4.39 Å². The Morgan fingerprint density at radius 1 is 1.21 bits per heavy atom. The van der Waals surface area contributed by atoms with E-state index in [4.69, 9.17) is 16.3 Å². The monoisotopic (exact) mass is 406 g/mol. The predicted molar refractivity (Wildman–Crippen MR) is 109 cm³/mol. The summed E-state index contributed by atoms with van der Waals surface area (Å²) in [6.07, 6.45) is 4.30. The van der Waals surface area contributed by atoms with E-state index in [1.807, 2.05) is 37.3 Å². The Morgan fingerprint density at radius 3 is 2.54 bits per heavy atom. The Kier molecular flexibility index (Phi) is 10.4. The summed E-state index contributed by atoms with van der Waals surface area (Å²) in [5.74, 6) is -1.32. The van der Waals surface area contributed by atoms with Crippen LogP contribution in [0, 0.1) is 0 Å². The van der Waals surface area contributed by atoms with Crippen LogP contribution in [-0.4, -0.2) is 18.4 Å². The molecule has 7 heteroatoms. The van der Waals surface area contributed by atoms with Gasteiger partial charge >= 0.3 is 0 Å². The first-order valence-electron chi connectivity index (χ1n) is 8.60. The Labute approximate surface area is 169 Å². The van der Waals surface area contributed by atoms with Crippen LogP contribution in [0.25, 0.3) is 0 Å². The highest BCUT2D eigenvalue weighted by atomic mass is 35.5. The average molecular weight is 407 g/mol. The zero-order chi connectivity index (χ0) is 20.9. The van der Waals surface area contributed by atoms with Gasteiger partial charge in [-0.3, -0.25) is 9.59 Å². The van der Waals surface area contributed by atoms with Crippen LogP contribution in [0.4, 0.5) is 4.39 Å². The van der Waals surface area contributed by atoms with Gasteiger partial charge in [-0.1, -0.05) is 55.1 Å². The Balaban J connectivity index is 2.25. The van der Waals surface area contributed by atoms with Crippen LogP contribution in [0.3, 0.4) is 0 Å². The van der Waals surface area contributed by atoms with E-state index in [2.05, 4.69) is 23.8 Å². The average Bonchev–Trinajstić information content (AvgIpc) is 2.66. The maximum absolute atomic E-state index is 12.6. The van der Waals surface area contributed by atoms with E-state index in [0.29, 0.717) is 12.1 Å². The molecule has 0 aromatic heterocycles. The van der Waals surface area contributed by atoms with Crippen molar-refractivity contribution in [1.82, 2.24) is 10.6 Å². The summed E-state index contributed by atoms with van der Waals surface area (Å²) in [4.78, 5) is 23.7. The predicted octanol–water partition coefficient (Wildman–Crippen LogP) is 4.41. The molecule has 0 spiro atoms. The molecule has 1 aromatic rings. The van der Waals surface area contributed by atoms with Crippen molar-refractivity contribution in [3.63, 3.8) is 0 Å². The number of hydrogen-bond acceptors (Lipinski definition) is 3. The molecule has 2 amide bonds. The molecule has 5 nitrogen and oxygen atoms in total. The van der Waals surface area contributed by atoms with Gasteiger partial charge in [0.15, 0.2) is 6.61 Å². The quantitative estimate of drug-likeness (QED) is 0.422. The summed E-state index contributed by atoms with van der Waals surface area (Å²) >= 11 is 5.51. The molecule has 0 aliphatic carbocycles. The fourth-order valence-corrected chi connectivity index (χ4v) is 2.17. The third kappa shape index (κ3) is 9.73. The standard InChI is InChI=1S/C21H24ClFN2O3/c1-15(24-21(27)14-28-13-7-10-19(22)16(2)23)11-12-20(26)25-17(3)18-8-5-4-6-9-18/h4-10,13,17H,1-2,11-12,14H2,3H3,(H,24,27)(H,25,26)/b13-7+,19-10+. The Hall–Kier alpha value is -2.86. The Morgan fingerprint density at radius 2 is 1.89 bits per heavy atom. The van der Waals surface area contributed by atoms with Crippen LogP contribution in [0.2, 0.25) is 0 Å². The van der Waals surface area contributed by atoms with Crippen molar-refractivity contribution in [3.05, 3.63) is 84.0 Å². The van der Waals surface area contributed by atoms with Crippen molar-refractivity contribution in [3.8, 4) is 0 Å². The molecule has 0 aliphatic rings. The largest absolute Gasteiger partial charge is 0.491 e. The molecule has 2 N–H and O–H groups in total. The molecule has 0 aliphatic heterocycles. The van der Waals surface area contributed by atoms with Crippen LogP contribution < -0.4 is 10.6 Å². The summed E-state index contributed by atoms with van der Waals surface area (Å²) in [6.45, 7) is 8.41. The van der Waals surface area contributed by atoms with Gasteiger partial charge in [-0.2, -0.15) is 0 Å². The zero-order valence-electron chi connectivity index (χ0n) is 15.7. The molecule has 0 heterocycles. The van der Waals surface area contributed by atoms with Gasteiger partial charge in [0.2, 0.25) is 5.91 Å². The number of hydrogen-bond donors (Lipinski definition) is 2. The molecule has 1 atom stereocenters. The van der Waals surface area contributed by atoms with Crippen LogP contribution in [0.5, 0.6) is 0 Å². The first kappa shape index (κ1) is 23.2. The van der Waals surface area contributed by atoms with Gasteiger partial charge in [0.1, 0.15) is 5.83 Å². The van der Waals surface area contributed by atoms with Crippen LogP contribution >= 0.6 is 11.6 Å². The minimum absolute atomic E-state index is 0.103. The van der Waals surface area contributed by atoms with Gasteiger partial charge in [0.25, 0.3) is 5.91 Å². The van der Waals surface area contributed by atoms with Crippen molar-refractivity contribution in [2.45, 2.75) is 25.8 Å². The van der Waals surface area contributed by atoms with Crippen LogP contribution in [0.1, 0.15) is 31.4 Å². The van der Waals surface area contributed by atoms with Crippen molar-refractivity contribution >= 4 is 23.4 Å². The maximum atomic E-state index is 12.6. The van der Waals surface area contributed by atoms with E-state index in [1.54, 1.807) is 0 Å². The van der Waals surface area contributed by atoms with Gasteiger partial charge in [0, 0.05) is 12.1 Å². The molecule has 0 saturated heterocycles. The number of benzene rings is 1. The molecule has 1 aromatic carbocycles. The fraction of sp³-hybridized carbons (Fsp3) is 0.238. The smallest absolute Gasteiger partial charge is 0.261 e. The van der Waals surface area contributed by atoms with Crippen molar-refractivity contribution in [1.29, 1.82) is 0 Å². The van der Waals surface area contributed by atoms with E-state index in [1.165, 1.54) is 18.4 Å². The first-order chi connectivity index (χ1) is 13.3. The van der Waals surface area contributed by atoms with Gasteiger partial charge < -0.3 is 15.4 Å². The zero-order valence-corrected chi connectivity index (χ0v) is 16.5. The van der Waals surface area contributed by atoms with Crippen molar-refractivity contribution in [2.24, 2.45) is 0 Å². The summed E-state index contributed by atoms with van der Waals surface area (Å²) in [6, 6.07) is 9.52. The van der Waals surface area contributed by atoms with E-state index in [0.717, 1.165) is 5.56 Å². The number of allylic oxidation sites excluding steroid dienone is 5. The van der Waals surface area contributed by atoms with E-state index in [9.17, 15) is 14.0 Å². The van der Waals surface area contributed by atoms with Crippen LogP contribution in [0.15, 0.2) is 78.5 Å². The van der Waals surface area contributed by atoms with E-state index < -0.39 is 11.7 Å². The molecule has 150 valence electrons. The number of halogens is 2. The number of nitrogens with one attached hydrogen (secondary N) is 2. The lowest BCUT2D eigenvalue weighted by atomic mass is 10.1. The number of ether oxygens (including phenoxy) is 1. The molecular weight excluding hydrogens is 383 g/mol. The fourth-order valence-electron chi connectivity index (χ4n) is 2.09. The highest BCUT2D eigenvalue weighted by Crippen LogP contribution is 2.13. The molecule has 0 fully saturated rings. The second-order valence-electron chi connectivity index (χ2n) is 5.91. The summed E-state index contributed by atoms with van der Waals surface area (Å²) in [7, 11) is 0. The lowest BCUT2D eigenvalue weighted by Crippen LogP contribution is -2.29. The van der Waals surface area contributed by atoms with Gasteiger partial charge in [0.05, 0.1) is 17.3 Å². The second-order valence-corrected chi connectivity index (χ2v) is 6.32. The summed E-state index contributed by atoms with van der Waals surface area (Å²) < 4.78 is 17.6. The number of carbonyl (C=O) groups is 2. The molecule has 1 rings (SSSR count). The molecule has 0 bridgehead atoms. The molecule has 0 radical (unpaired) electrons. The molecular formula is C21H24ClFN2O3. The molecule has 28 heavy (non-hydrogen) atoms. The van der Waals surface area contributed by atoms with Crippen molar-refractivity contribution < 1.29 is 18.7 Å². The third-order valence-corrected chi connectivity index (χ3v) is 3.87. The highest BCUT2D eigenvalue weighted by Gasteiger charge is 2.10. The van der Waals surface area contributed by atoms with E-state index in [-0.39, 0.29) is 30.0 Å². The number of carbonyl (C=O) groups excluding carboxylic acids is 2. The normalized spacial score (nSPS) is 12.3. The third-order valence-electron chi connectivity index (χ3n) is 3.54. The summed E-state index contributed by atoms with van der Waals surface area (Å²) in [5, 5.41) is 5.29. The highest BCUT2D eigenvalue weighted by molar-refractivity contribution is 6.31. The van der Waals surface area contributed by atoms with Gasteiger partial charge in [-0.15, -0.1) is 0 Å². The topological polar surface area (TPSA) is 67.4 Å².